The second-order valence-electron chi connectivity index (χ2n) is 6.40. The molecule has 1 fully saturated rings. The van der Waals surface area contributed by atoms with E-state index in [0.29, 0.717) is 0 Å². The first-order valence-corrected chi connectivity index (χ1v) is 8.82. The van der Waals surface area contributed by atoms with Gasteiger partial charge in [-0.2, -0.15) is 0 Å². The lowest BCUT2D eigenvalue weighted by molar-refractivity contribution is 0.129. The van der Waals surface area contributed by atoms with Crippen LogP contribution in [-0.4, -0.2) is 44.3 Å². The molecule has 31 heavy (non-hydrogen) atoms. The van der Waals surface area contributed by atoms with Gasteiger partial charge < -0.3 is 14.5 Å². The summed E-state index contributed by atoms with van der Waals surface area (Å²) in [5.74, 6) is -6.68. The van der Waals surface area contributed by atoms with E-state index in [-0.39, 0.29) is 9.47 Å². The molecule has 1 atom stereocenters. The van der Waals surface area contributed by atoms with Crippen molar-refractivity contribution in [1.82, 2.24) is 19.6 Å². The molecule has 2 aromatic heterocycles. The number of hydrogen-bond donors (Lipinski definition) is 1. The quantitative estimate of drug-likeness (QED) is 0.662. The number of benzene rings is 1. The van der Waals surface area contributed by atoms with Gasteiger partial charge in [0.05, 0.1) is 9.81 Å². The predicted molar refractivity (Wildman–Crippen MR) is 114 cm³/mol. The van der Waals surface area contributed by atoms with Gasteiger partial charge in [-0.3, -0.25) is 9.36 Å². The summed E-state index contributed by atoms with van der Waals surface area (Å²) in [4.78, 5) is 17.3. The van der Waals surface area contributed by atoms with Crippen molar-refractivity contribution in [1.29, 1.82) is 0 Å². The zero-order valence-corrected chi connectivity index (χ0v) is 15.4. The van der Waals surface area contributed by atoms with Gasteiger partial charge in [-0.15, -0.1) is 0 Å². The van der Waals surface area contributed by atoms with E-state index in [2.05, 4.69) is 10.1 Å². The SMILES string of the molecule is [2H]c1c(F)c([2H])c2onc(C3([2H])C([2H])([2H])C([2H])([2H])N(CCc4c(C([2H])([2H])[2H])nc5n(c4=O)C([2H])([2H])C([2H])([2H])C([2H])([2H])C5O)C([2H])([2H])C3([2H])[2H])c2c1[2H]. The molecule has 0 radical (unpaired) electrons. The first-order valence-electron chi connectivity index (χ1n) is 19.3. The zero-order chi connectivity index (χ0) is 40.1. The number of aromatic nitrogens is 3. The molecule has 0 bridgehead atoms. The summed E-state index contributed by atoms with van der Waals surface area (Å²) >= 11 is 0. The summed E-state index contributed by atoms with van der Waals surface area (Å²) in [5.41, 5.74) is -6.26. The summed E-state index contributed by atoms with van der Waals surface area (Å²) < 4.78 is 195. The van der Waals surface area contributed by atoms with Crippen molar-refractivity contribution >= 4 is 11.0 Å². The number of halogens is 1. The molecular weight excluding hydrogens is 399 g/mol. The molecule has 164 valence electrons. The summed E-state index contributed by atoms with van der Waals surface area (Å²) in [5, 5.41) is 13.1. The number of hydrogen-bond acceptors (Lipinski definition) is 6. The number of fused-ring (bicyclic) bond motifs is 2. The maximum Gasteiger partial charge on any atom is 0.257 e. The van der Waals surface area contributed by atoms with Gasteiger partial charge >= 0.3 is 0 Å². The van der Waals surface area contributed by atoms with Crippen LogP contribution >= 0.6 is 0 Å². The van der Waals surface area contributed by atoms with Crippen molar-refractivity contribution in [3.05, 3.63) is 57.1 Å². The van der Waals surface area contributed by atoms with Crippen molar-refractivity contribution in [2.45, 2.75) is 57.3 Å². The Balaban J connectivity index is 1.71. The topological polar surface area (TPSA) is 84.4 Å². The molecular formula is C23H27FN4O3. The maximum absolute atomic E-state index is 14.4. The Hall–Kier alpha value is -2.58. The molecule has 0 amide bonds. The highest BCUT2D eigenvalue weighted by atomic mass is 19.1. The van der Waals surface area contributed by atoms with E-state index < -0.39 is 140 Å². The van der Waals surface area contributed by atoms with E-state index in [1.165, 1.54) is 0 Å². The Morgan fingerprint density at radius 3 is 3.03 bits per heavy atom. The molecule has 3 aromatic rings. The Morgan fingerprint density at radius 2 is 2.23 bits per heavy atom. The third-order valence-electron chi connectivity index (χ3n) is 4.49. The molecule has 8 heteroatoms. The zero-order valence-electron chi connectivity index (χ0n) is 36.4. The second-order valence-corrected chi connectivity index (χ2v) is 6.40. The second kappa shape index (κ2) is 8.16. The average Bonchev–Trinajstić information content (AvgIpc) is 3.45. The van der Waals surface area contributed by atoms with Crippen molar-refractivity contribution in [2.24, 2.45) is 0 Å². The normalized spacial score (nSPS) is 43.0. The van der Waals surface area contributed by atoms with Gasteiger partial charge in [-0.1, -0.05) is 5.16 Å². The van der Waals surface area contributed by atoms with Gasteiger partial charge in [0.15, 0.2) is 5.58 Å². The third kappa shape index (κ3) is 3.78. The van der Waals surface area contributed by atoms with Crippen LogP contribution in [0.3, 0.4) is 0 Å². The number of piperidine rings is 1. The van der Waals surface area contributed by atoms with Gasteiger partial charge in [-0.05, 0) is 63.8 Å². The maximum atomic E-state index is 14.4. The molecule has 2 aliphatic rings. The van der Waals surface area contributed by atoms with E-state index in [1.54, 1.807) is 0 Å². The standard InChI is InChI=1S/C23H27FN4O3/c1-14-17(23(30)28-9-2-3-19(29)22(28)25-14)8-12-27-10-6-15(7-11-27)21-18-5-4-16(24)13-20(18)31-26-21/h4-5,13,15,19,29H,2-3,6-12H2,1H3/i1D3,2D2,3D2,4D,5D,6D2,7D2,9D2,10D2,11D2,13D,15D. The van der Waals surface area contributed by atoms with Crippen LogP contribution in [0.2, 0.25) is 0 Å². The summed E-state index contributed by atoms with van der Waals surface area (Å²) in [6, 6.07) is -3.63. The smallest absolute Gasteiger partial charge is 0.257 e. The minimum Gasteiger partial charge on any atom is -0.385 e. The molecule has 2 aliphatic heterocycles. The first kappa shape index (κ1) is 7.49. The molecule has 4 heterocycles. The minimum atomic E-state index is -3.98. The van der Waals surface area contributed by atoms with Crippen LogP contribution in [0.4, 0.5) is 4.39 Å². The lowest BCUT2D eigenvalue weighted by atomic mass is 9.91. The molecule has 1 saturated heterocycles. The van der Waals surface area contributed by atoms with Gasteiger partial charge in [-0.25, -0.2) is 9.37 Å². The van der Waals surface area contributed by atoms with Gasteiger partial charge in [0.25, 0.3) is 5.56 Å². The van der Waals surface area contributed by atoms with Crippen LogP contribution < -0.4 is 5.56 Å². The Labute approximate surface area is 209 Å². The molecule has 0 aliphatic carbocycles. The van der Waals surface area contributed by atoms with Crippen LogP contribution in [0.15, 0.2) is 27.4 Å². The summed E-state index contributed by atoms with van der Waals surface area (Å²) in [7, 11) is 0. The molecule has 0 spiro atoms. The Kier molecular flexibility index (Phi) is 1.97. The number of nitrogens with zero attached hydrogens (tertiary/aromatic N) is 4. The van der Waals surface area contributed by atoms with Gasteiger partial charge in [0.2, 0.25) is 0 Å². The van der Waals surface area contributed by atoms with Crippen LogP contribution in [0.25, 0.3) is 11.0 Å². The van der Waals surface area contributed by atoms with Gasteiger partial charge in [0, 0.05) is 66.3 Å². The third-order valence-corrected chi connectivity index (χ3v) is 4.49. The van der Waals surface area contributed by atoms with Gasteiger partial charge in [0.1, 0.15) is 17.7 Å². The lowest BCUT2D eigenvalue weighted by Crippen LogP contribution is -2.37. The largest absolute Gasteiger partial charge is 0.385 e. The first-order chi connectivity index (χ1) is 23.1. The van der Waals surface area contributed by atoms with Crippen molar-refractivity contribution in [2.75, 3.05) is 19.5 Å². The van der Waals surface area contributed by atoms with E-state index in [9.17, 15) is 14.3 Å². The Morgan fingerprint density at radius 1 is 1.39 bits per heavy atom. The fourth-order valence-corrected chi connectivity index (χ4v) is 2.98. The van der Waals surface area contributed by atoms with Crippen molar-refractivity contribution < 1.29 is 42.8 Å². The summed E-state index contributed by atoms with van der Waals surface area (Å²) in [6.45, 7) is -16.1. The number of aryl methyl sites for hydroxylation is 1. The fraction of sp³-hybridized carbons (Fsp3) is 0.522. The average molecular weight is 448 g/mol. The highest BCUT2D eigenvalue weighted by molar-refractivity contribution is 5.79. The number of aliphatic hydroxyl groups is 1. The van der Waals surface area contributed by atoms with E-state index in [4.69, 9.17) is 33.3 Å². The lowest BCUT2D eigenvalue weighted by Gasteiger charge is -2.31. The Bertz CT molecular complexity index is 2030. The molecule has 1 N–H and O–H groups in total. The van der Waals surface area contributed by atoms with E-state index in [0.717, 1.165) is 0 Å². The van der Waals surface area contributed by atoms with Crippen LogP contribution in [0, 0.1) is 12.7 Å². The van der Waals surface area contributed by atoms with Crippen LogP contribution in [-0.2, 0) is 12.9 Å². The van der Waals surface area contributed by atoms with Crippen molar-refractivity contribution in [3.63, 3.8) is 0 Å². The van der Waals surface area contributed by atoms with E-state index >= 15 is 0 Å². The molecule has 7 nitrogen and oxygen atoms in total. The van der Waals surface area contributed by atoms with Crippen LogP contribution in [0.5, 0.6) is 0 Å². The number of aliphatic hydroxyl groups excluding tert-OH is 1. The monoisotopic (exact) mass is 447 g/mol. The fourth-order valence-electron chi connectivity index (χ4n) is 2.98. The number of likely N-dealkylation sites (tertiary alicyclic amines) is 1. The highest BCUT2D eigenvalue weighted by Gasteiger charge is 2.26. The highest BCUT2D eigenvalue weighted by Crippen LogP contribution is 2.32. The van der Waals surface area contributed by atoms with Crippen LogP contribution in [0.1, 0.15) is 89.1 Å². The minimum absolute atomic E-state index is 0.129. The number of rotatable bonds is 4. The summed E-state index contributed by atoms with van der Waals surface area (Å²) in [6.07, 6.45) is -19.0. The molecule has 1 aromatic carbocycles. The molecule has 0 saturated carbocycles. The molecule has 5 rings (SSSR count). The predicted octanol–water partition coefficient (Wildman–Crippen LogP) is 3.08. The molecule has 1 unspecified atom stereocenters. The van der Waals surface area contributed by atoms with E-state index in [1.807, 2.05) is 0 Å². The van der Waals surface area contributed by atoms with Crippen molar-refractivity contribution in [3.8, 4) is 0 Å².